The van der Waals surface area contributed by atoms with E-state index in [1.807, 2.05) is 25.1 Å². The van der Waals surface area contributed by atoms with Crippen LogP contribution in [-0.2, 0) is 4.79 Å². The molecule has 1 heterocycles. The zero-order valence-electron chi connectivity index (χ0n) is 8.40. The van der Waals surface area contributed by atoms with Gasteiger partial charge in [-0.3, -0.25) is 4.79 Å². The number of aryl methyl sites for hydroxylation is 1. The number of aliphatic carboxylic acids is 1. The number of hydrogen-bond acceptors (Lipinski definition) is 3. The summed E-state index contributed by atoms with van der Waals surface area (Å²) < 4.78 is 0. The molecule has 3 N–H and O–H groups in total. The number of anilines is 1. The Morgan fingerprint density at radius 3 is 2.93 bits per heavy atom. The zero-order valence-corrected chi connectivity index (χ0v) is 8.40. The molecule has 0 saturated carbocycles. The lowest BCUT2D eigenvalue weighted by Crippen LogP contribution is -2.31. The van der Waals surface area contributed by atoms with E-state index in [9.17, 15) is 9.90 Å². The molecule has 0 amide bonds. The number of nitrogens with one attached hydrogen (secondary N) is 1. The third kappa shape index (κ3) is 1.80. The first-order chi connectivity index (χ1) is 7.08. The molecular weight excluding hydrogens is 194 g/mol. The van der Waals surface area contributed by atoms with Gasteiger partial charge in [-0.1, -0.05) is 17.7 Å². The molecule has 0 aromatic heterocycles. The van der Waals surface area contributed by atoms with Crippen LogP contribution in [0.1, 0.15) is 23.5 Å². The fourth-order valence-corrected chi connectivity index (χ4v) is 1.92. The highest BCUT2D eigenvalue weighted by Crippen LogP contribution is 2.34. The van der Waals surface area contributed by atoms with Gasteiger partial charge in [-0.25, -0.2) is 0 Å². The Morgan fingerprint density at radius 2 is 2.27 bits per heavy atom. The van der Waals surface area contributed by atoms with Crippen LogP contribution in [0, 0.1) is 6.92 Å². The molecule has 0 saturated heterocycles. The minimum absolute atomic E-state index is 0.214. The third-order valence-electron chi connectivity index (χ3n) is 2.66. The highest BCUT2D eigenvalue weighted by molar-refractivity contribution is 5.80. The number of rotatable bonds is 1. The fraction of sp³-hybridized carbons (Fsp3) is 0.364. The minimum Gasteiger partial charge on any atom is -0.481 e. The van der Waals surface area contributed by atoms with E-state index in [4.69, 9.17) is 5.11 Å². The van der Waals surface area contributed by atoms with Crippen molar-refractivity contribution in [1.29, 1.82) is 0 Å². The van der Waals surface area contributed by atoms with E-state index >= 15 is 0 Å². The molecule has 1 aliphatic heterocycles. The maximum atomic E-state index is 11.0. The number of carboxylic acid groups (broad SMARTS) is 1. The number of hydrogen-bond donors (Lipinski definition) is 3. The second-order valence-corrected chi connectivity index (χ2v) is 3.88. The lowest BCUT2D eigenvalue weighted by molar-refractivity contribution is -0.139. The Hall–Kier alpha value is -1.55. The van der Waals surface area contributed by atoms with Crippen LogP contribution in [-0.4, -0.2) is 22.4 Å². The predicted octanol–water partition coefficient (Wildman–Crippen LogP) is 1.30. The lowest BCUT2D eigenvalue weighted by atomic mass is 9.89. The molecule has 1 aromatic rings. The van der Waals surface area contributed by atoms with Crippen LogP contribution in [0.4, 0.5) is 5.69 Å². The van der Waals surface area contributed by atoms with E-state index < -0.39 is 18.1 Å². The van der Waals surface area contributed by atoms with Crippen molar-refractivity contribution in [3.63, 3.8) is 0 Å². The van der Waals surface area contributed by atoms with Crippen LogP contribution in [0.2, 0.25) is 0 Å². The summed E-state index contributed by atoms with van der Waals surface area (Å²) in [6, 6.07) is 5.55. The maximum Gasteiger partial charge on any atom is 0.311 e. The Bertz CT molecular complexity index is 403. The normalized spacial score (nSPS) is 24.1. The van der Waals surface area contributed by atoms with Crippen molar-refractivity contribution in [3.8, 4) is 0 Å². The number of carboxylic acids is 1. The molecule has 2 rings (SSSR count). The highest BCUT2D eigenvalue weighted by Gasteiger charge is 2.30. The van der Waals surface area contributed by atoms with E-state index in [0.717, 1.165) is 11.1 Å². The molecule has 4 nitrogen and oxygen atoms in total. The molecule has 4 heteroatoms. The Kier molecular flexibility index (Phi) is 2.36. The van der Waals surface area contributed by atoms with Gasteiger partial charge in [-0.05, 0) is 18.6 Å². The summed E-state index contributed by atoms with van der Waals surface area (Å²) in [7, 11) is 0. The van der Waals surface area contributed by atoms with E-state index in [0.29, 0.717) is 5.69 Å². The smallest absolute Gasteiger partial charge is 0.311 e. The molecule has 0 radical (unpaired) electrons. The molecule has 0 bridgehead atoms. The van der Waals surface area contributed by atoms with E-state index in [1.54, 1.807) is 0 Å². The van der Waals surface area contributed by atoms with Crippen LogP contribution >= 0.6 is 0 Å². The van der Waals surface area contributed by atoms with Crippen molar-refractivity contribution < 1.29 is 15.0 Å². The number of aliphatic hydroxyl groups is 1. The first kappa shape index (κ1) is 9.98. The largest absolute Gasteiger partial charge is 0.481 e. The summed E-state index contributed by atoms with van der Waals surface area (Å²) in [5.74, 6) is -1.50. The van der Waals surface area contributed by atoms with Gasteiger partial charge in [-0.15, -0.1) is 0 Å². The molecule has 0 spiro atoms. The van der Waals surface area contributed by atoms with Crippen molar-refractivity contribution in [2.45, 2.75) is 25.5 Å². The minimum atomic E-state index is -0.887. The number of carbonyl (C=O) groups is 1. The number of fused-ring (bicyclic) bond motifs is 1. The second-order valence-electron chi connectivity index (χ2n) is 3.88. The van der Waals surface area contributed by atoms with Crippen molar-refractivity contribution in [2.75, 3.05) is 5.32 Å². The van der Waals surface area contributed by atoms with Crippen molar-refractivity contribution in [1.82, 2.24) is 0 Å². The van der Waals surface area contributed by atoms with Gasteiger partial charge >= 0.3 is 5.97 Å². The van der Waals surface area contributed by atoms with Crippen molar-refractivity contribution >= 4 is 11.7 Å². The van der Waals surface area contributed by atoms with Crippen LogP contribution in [0.5, 0.6) is 0 Å². The lowest BCUT2D eigenvalue weighted by Gasteiger charge is -2.28. The molecule has 2 unspecified atom stereocenters. The van der Waals surface area contributed by atoms with Gasteiger partial charge in [0.15, 0.2) is 0 Å². The topological polar surface area (TPSA) is 69.6 Å². The average molecular weight is 207 g/mol. The van der Waals surface area contributed by atoms with E-state index in [-0.39, 0.29) is 6.42 Å². The standard InChI is InChI=1S/C11H13NO3/c1-6-2-3-9-7(4-6)8(11(14)15)5-10(13)12-9/h2-4,8,10,12-13H,5H2,1H3,(H,14,15). The molecule has 15 heavy (non-hydrogen) atoms. The van der Waals surface area contributed by atoms with Crippen LogP contribution in [0.25, 0.3) is 0 Å². The summed E-state index contributed by atoms with van der Waals surface area (Å²) in [5.41, 5.74) is 2.50. The summed E-state index contributed by atoms with van der Waals surface area (Å²) in [6.45, 7) is 1.92. The Balaban J connectivity index is 2.47. The Labute approximate surface area is 87.6 Å². The first-order valence-corrected chi connectivity index (χ1v) is 4.86. The van der Waals surface area contributed by atoms with E-state index in [1.165, 1.54) is 0 Å². The molecular formula is C11H13NO3. The fourth-order valence-electron chi connectivity index (χ4n) is 1.92. The van der Waals surface area contributed by atoms with Gasteiger partial charge in [0.25, 0.3) is 0 Å². The molecule has 0 fully saturated rings. The summed E-state index contributed by atoms with van der Waals surface area (Å²) in [4.78, 5) is 11.0. The van der Waals surface area contributed by atoms with Crippen LogP contribution in [0.3, 0.4) is 0 Å². The molecule has 0 aliphatic carbocycles. The average Bonchev–Trinajstić information content (AvgIpc) is 2.17. The molecule has 1 aliphatic rings. The van der Waals surface area contributed by atoms with Crippen molar-refractivity contribution in [3.05, 3.63) is 29.3 Å². The highest BCUT2D eigenvalue weighted by atomic mass is 16.4. The van der Waals surface area contributed by atoms with Gasteiger partial charge < -0.3 is 15.5 Å². The quantitative estimate of drug-likeness (QED) is 0.649. The molecule has 1 aromatic carbocycles. The monoisotopic (exact) mass is 207 g/mol. The van der Waals surface area contributed by atoms with Gasteiger partial charge in [-0.2, -0.15) is 0 Å². The summed E-state index contributed by atoms with van der Waals surface area (Å²) >= 11 is 0. The molecule has 80 valence electrons. The van der Waals surface area contributed by atoms with Crippen molar-refractivity contribution in [2.24, 2.45) is 0 Å². The molecule has 2 atom stereocenters. The maximum absolute atomic E-state index is 11.0. The van der Waals surface area contributed by atoms with Crippen LogP contribution in [0.15, 0.2) is 18.2 Å². The van der Waals surface area contributed by atoms with Gasteiger partial charge in [0.05, 0.1) is 5.92 Å². The number of benzene rings is 1. The van der Waals surface area contributed by atoms with Gasteiger partial charge in [0.1, 0.15) is 6.23 Å². The second kappa shape index (κ2) is 3.55. The Morgan fingerprint density at radius 1 is 1.53 bits per heavy atom. The number of aliphatic hydroxyl groups excluding tert-OH is 1. The summed E-state index contributed by atoms with van der Waals surface area (Å²) in [5, 5.41) is 21.4. The predicted molar refractivity (Wildman–Crippen MR) is 55.8 cm³/mol. The first-order valence-electron chi connectivity index (χ1n) is 4.86. The van der Waals surface area contributed by atoms with E-state index in [2.05, 4.69) is 5.32 Å². The third-order valence-corrected chi connectivity index (χ3v) is 2.66. The zero-order chi connectivity index (χ0) is 11.0. The van der Waals surface area contributed by atoms with Crippen LogP contribution < -0.4 is 5.32 Å². The summed E-state index contributed by atoms with van der Waals surface area (Å²) in [6.07, 6.45) is -0.562. The van der Waals surface area contributed by atoms with Gasteiger partial charge in [0, 0.05) is 12.1 Å². The SMILES string of the molecule is Cc1ccc2c(c1)C(C(=O)O)CC(O)N2. The van der Waals surface area contributed by atoms with Gasteiger partial charge in [0.2, 0.25) is 0 Å².